The Kier molecular flexibility index (Phi) is 4.52. The highest BCUT2D eigenvalue weighted by atomic mass is 19.1. The summed E-state index contributed by atoms with van der Waals surface area (Å²) in [6, 6.07) is 3.55. The lowest BCUT2D eigenvalue weighted by molar-refractivity contribution is 0.0935. The third-order valence-corrected chi connectivity index (χ3v) is 2.95. The first-order valence-corrected chi connectivity index (χ1v) is 6.46. The van der Waals surface area contributed by atoms with Crippen molar-refractivity contribution >= 4 is 11.6 Å². The zero-order chi connectivity index (χ0) is 15.4. The molecule has 0 radical (unpaired) electrons. The standard InChI is InChI=1S/C14H16F2N4O/c1-9(8-20-5-3-4-18-20)19-14(21)10-6-11(15)13(17-2)12(16)7-10/h3-7,9,17H,8H2,1-2H3,(H,19,21). The Morgan fingerprint density at radius 3 is 2.57 bits per heavy atom. The van der Waals surface area contributed by atoms with Crippen molar-refractivity contribution in [1.82, 2.24) is 15.1 Å². The summed E-state index contributed by atoms with van der Waals surface area (Å²) in [6.07, 6.45) is 3.40. The van der Waals surface area contributed by atoms with Gasteiger partial charge in [-0.15, -0.1) is 0 Å². The number of benzene rings is 1. The van der Waals surface area contributed by atoms with E-state index in [1.54, 1.807) is 30.1 Å². The Morgan fingerprint density at radius 2 is 2.05 bits per heavy atom. The molecule has 2 rings (SSSR count). The highest BCUT2D eigenvalue weighted by Crippen LogP contribution is 2.20. The number of hydrogen-bond donors (Lipinski definition) is 2. The highest BCUT2D eigenvalue weighted by Gasteiger charge is 2.16. The van der Waals surface area contributed by atoms with Crippen molar-refractivity contribution < 1.29 is 13.6 Å². The van der Waals surface area contributed by atoms with Crippen LogP contribution in [0.25, 0.3) is 0 Å². The van der Waals surface area contributed by atoms with Gasteiger partial charge in [-0.3, -0.25) is 9.48 Å². The topological polar surface area (TPSA) is 59.0 Å². The molecule has 1 aromatic heterocycles. The van der Waals surface area contributed by atoms with Gasteiger partial charge in [0, 0.05) is 31.0 Å². The smallest absolute Gasteiger partial charge is 0.251 e. The Hall–Kier alpha value is -2.44. The number of nitrogens with one attached hydrogen (secondary N) is 2. The minimum absolute atomic E-state index is 0.0590. The van der Waals surface area contributed by atoms with Crippen LogP contribution in [-0.4, -0.2) is 28.8 Å². The molecule has 0 saturated carbocycles. The van der Waals surface area contributed by atoms with E-state index in [0.29, 0.717) is 6.54 Å². The van der Waals surface area contributed by atoms with Gasteiger partial charge in [-0.1, -0.05) is 0 Å². The van der Waals surface area contributed by atoms with Crippen LogP contribution in [0.2, 0.25) is 0 Å². The van der Waals surface area contributed by atoms with E-state index in [-0.39, 0.29) is 17.3 Å². The van der Waals surface area contributed by atoms with Gasteiger partial charge in [0.15, 0.2) is 0 Å². The quantitative estimate of drug-likeness (QED) is 0.887. The van der Waals surface area contributed by atoms with E-state index in [2.05, 4.69) is 15.7 Å². The molecule has 0 aliphatic carbocycles. The maximum Gasteiger partial charge on any atom is 0.251 e. The van der Waals surface area contributed by atoms with E-state index in [1.807, 2.05) is 0 Å². The van der Waals surface area contributed by atoms with Gasteiger partial charge in [0.2, 0.25) is 0 Å². The number of carbonyl (C=O) groups excluding carboxylic acids is 1. The summed E-state index contributed by atoms with van der Waals surface area (Å²) in [7, 11) is 1.41. The number of nitrogens with zero attached hydrogens (tertiary/aromatic N) is 2. The fourth-order valence-corrected chi connectivity index (χ4v) is 1.98. The van der Waals surface area contributed by atoms with E-state index in [1.165, 1.54) is 7.05 Å². The van der Waals surface area contributed by atoms with Crippen LogP contribution in [0.15, 0.2) is 30.6 Å². The second-order valence-corrected chi connectivity index (χ2v) is 4.67. The maximum absolute atomic E-state index is 13.6. The number of amides is 1. The van der Waals surface area contributed by atoms with E-state index in [0.717, 1.165) is 12.1 Å². The number of halogens is 2. The molecule has 1 aromatic carbocycles. The lowest BCUT2D eigenvalue weighted by atomic mass is 10.1. The molecule has 0 fully saturated rings. The Labute approximate surface area is 121 Å². The van der Waals surface area contributed by atoms with Gasteiger partial charge in [-0.2, -0.15) is 5.10 Å². The van der Waals surface area contributed by atoms with Gasteiger partial charge < -0.3 is 10.6 Å². The van der Waals surface area contributed by atoms with E-state index in [4.69, 9.17) is 0 Å². The van der Waals surface area contributed by atoms with Crippen LogP contribution in [-0.2, 0) is 6.54 Å². The number of rotatable bonds is 5. The molecule has 0 spiro atoms. The largest absolute Gasteiger partial charge is 0.383 e. The molecule has 7 heteroatoms. The third-order valence-electron chi connectivity index (χ3n) is 2.95. The molecule has 2 aromatic rings. The van der Waals surface area contributed by atoms with E-state index >= 15 is 0 Å². The lowest BCUT2D eigenvalue weighted by Crippen LogP contribution is -2.35. The molecule has 1 unspecified atom stereocenters. The van der Waals surface area contributed by atoms with Crippen molar-refractivity contribution in [3.8, 4) is 0 Å². The van der Waals surface area contributed by atoms with Crippen molar-refractivity contribution in [2.75, 3.05) is 12.4 Å². The first-order valence-electron chi connectivity index (χ1n) is 6.46. The molecular weight excluding hydrogens is 278 g/mol. The highest BCUT2D eigenvalue weighted by molar-refractivity contribution is 5.94. The summed E-state index contributed by atoms with van der Waals surface area (Å²) in [5, 5.41) is 9.10. The zero-order valence-corrected chi connectivity index (χ0v) is 11.7. The minimum atomic E-state index is -0.803. The molecule has 112 valence electrons. The van der Waals surface area contributed by atoms with Crippen LogP contribution in [0.4, 0.5) is 14.5 Å². The first-order chi connectivity index (χ1) is 10.0. The van der Waals surface area contributed by atoms with Gasteiger partial charge in [-0.05, 0) is 25.1 Å². The maximum atomic E-state index is 13.6. The molecule has 1 amide bonds. The van der Waals surface area contributed by atoms with Crippen molar-refractivity contribution in [3.63, 3.8) is 0 Å². The van der Waals surface area contributed by atoms with Gasteiger partial charge in [-0.25, -0.2) is 8.78 Å². The number of carbonyl (C=O) groups is 1. The summed E-state index contributed by atoms with van der Waals surface area (Å²) in [4.78, 5) is 12.0. The fourth-order valence-electron chi connectivity index (χ4n) is 1.98. The summed E-state index contributed by atoms with van der Waals surface area (Å²) in [5.41, 5.74) is -0.313. The zero-order valence-electron chi connectivity index (χ0n) is 11.7. The second-order valence-electron chi connectivity index (χ2n) is 4.67. The molecule has 0 bridgehead atoms. The summed E-state index contributed by atoms with van der Waals surface area (Å²) in [5.74, 6) is -2.14. The van der Waals surface area contributed by atoms with Crippen LogP contribution in [0.5, 0.6) is 0 Å². The summed E-state index contributed by atoms with van der Waals surface area (Å²) >= 11 is 0. The summed E-state index contributed by atoms with van der Waals surface area (Å²) in [6.45, 7) is 2.26. The molecule has 5 nitrogen and oxygen atoms in total. The van der Waals surface area contributed by atoms with E-state index < -0.39 is 17.5 Å². The van der Waals surface area contributed by atoms with Crippen molar-refractivity contribution in [1.29, 1.82) is 0 Å². The SMILES string of the molecule is CNc1c(F)cc(C(=O)NC(C)Cn2cccn2)cc1F. The number of anilines is 1. The van der Waals surface area contributed by atoms with Crippen molar-refractivity contribution in [2.24, 2.45) is 0 Å². The van der Waals surface area contributed by atoms with Gasteiger partial charge in [0.05, 0.1) is 6.54 Å². The van der Waals surface area contributed by atoms with Crippen LogP contribution < -0.4 is 10.6 Å². The van der Waals surface area contributed by atoms with Crippen LogP contribution >= 0.6 is 0 Å². The Balaban J connectivity index is 2.06. The Morgan fingerprint density at radius 1 is 1.38 bits per heavy atom. The van der Waals surface area contributed by atoms with Gasteiger partial charge in [0.1, 0.15) is 17.3 Å². The minimum Gasteiger partial charge on any atom is -0.383 e. The molecular formula is C14H16F2N4O. The van der Waals surface area contributed by atoms with Crippen LogP contribution in [0.3, 0.4) is 0 Å². The number of hydrogen-bond acceptors (Lipinski definition) is 3. The average molecular weight is 294 g/mol. The monoisotopic (exact) mass is 294 g/mol. The van der Waals surface area contributed by atoms with E-state index in [9.17, 15) is 13.6 Å². The molecule has 0 aliphatic rings. The molecule has 0 aliphatic heterocycles. The molecule has 2 N–H and O–H groups in total. The lowest BCUT2D eigenvalue weighted by Gasteiger charge is -2.14. The predicted molar refractivity (Wildman–Crippen MR) is 75.1 cm³/mol. The van der Waals surface area contributed by atoms with Crippen LogP contribution in [0.1, 0.15) is 17.3 Å². The first kappa shape index (κ1) is 15.0. The number of aromatic nitrogens is 2. The third kappa shape index (κ3) is 3.56. The Bertz CT molecular complexity index is 605. The van der Waals surface area contributed by atoms with Crippen molar-refractivity contribution in [2.45, 2.75) is 19.5 Å². The fraction of sp³-hybridized carbons (Fsp3) is 0.286. The molecule has 21 heavy (non-hydrogen) atoms. The second kappa shape index (κ2) is 6.34. The van der Waals surface area contributed by atoms with Gasteiger partial charge in [0.25, 0.3) is 5.91 Å². The predicted octanol–water partition coefficient (Wildman–Crippen LogP) is 2.02. The normalized spacial score (nSPS) is 12.0. The van der Waals surface area contributed by atoms with Crippen molar-refractivity contribution in [3.05, 3.63) is 47.8 Å². The average Bonchev–Trinajstić information content (AvgIpc) is 2.90. The van der Waals surface area contributed by atoms with Gasteiger partial charge >= 0.3 is 0 Å². The summed E-state index contributed by atoms with van der Waals surface area (Å²) < 4.78 is 28.9. The molecule has 0 saturated heterocycles. The molecule has 1 atom stereocenters. The molecule has 1 heterocycles. The van der Waals surface area contributed by atoms with Crippen LogP contribution in [0, 0.1) is 11.6 Å².